The van der Waals surface area contributed by atoms with E-state index in [0.717, 1.165) is 24.3 Å². The van der Waals surface area contributed by atoms with Gasteiger partial charge in [0, 0.05) is 18.6 Å². The molecule has 1 saturated heterocycles. The van der Waals surface area contributed by atoms with E-state index in [4.69, 9.17) is 14.0 Å². The molecule has 0 saturated carbocycles. The molecule has 1 aliphatic heterocycles. The van der Waals surface area contributed by atoms with Crippen molar-refractivity contribution in [2.24, 2.45) is 0 Å². The van der Waals surface area contributed by atoms with Crippen LogP contribution in [0.25, 0.3) is 0 Å². The highest BCUT2D eigenvalue weighted by Crippen LogP contribution is 2.37. The summed E-state index contributed by atoms with van der Waals surface area (Å²) < 4.78 is 18.0. The second-order valence-electron chi connectivity index (χ2n) is 7.97. The van der Waals surface area contributed by atoms with Crippen molar-refractivity contribution in [2.45, 2.75) is 52.0 Å². The molecule has 1 aromatic heterocycles. The van der Waals surface area contributed by atoms with Crippen LogP contribution in [-0.4, -0.2) is 37.4 Å². The molecule has 0 amide bonds. The lowest BCUT2D eigenvalue weighted by atomic mass is 9.77. The molecule has 6 heteroatoms. The number of nitrogens with zero attached hydrogens (tertiary/aromatic N) is 1. The van der Waals surface area contributed by atoms with Crippen molar-refractivity contribution in [1.29, 1.82) is 0 Å². The van der Waals surface area contributed by atoms with Gasteiger partial charge in [-0.2, -0.15) is 11.3 Å². The largest absolute Gasteiger partial charge is 0.498 e. The Morgan fingerprint density at radius 3 is 2.27 bits per heavy atom. The van der Waals surface area contributed by atoms with E-state index in [0.29, 0.717) is 0 Å². The van der Waals surface area contributed by atoms with Gasteiger partial charge in [0.1, 0.15) is 5.75 Å². The van der Waals surface area contributed by atoms with Crippen molar-refractivity contribution >= 4 is 23.9 Å². The summed E-state index contributed by atoms with van der Waals surface area (Å²) in [6, 6.07) is 8.43. The van der Waals surface area contributed by atoms with Crippen LogP contribution in [0.3, 0.4) is 0 Å². The summed E-state index contributed by atoms with van der Waals surface area (Å²) >= 11 is 1.74. The average Bonchev–Trinajstić information content (AvgIpc) is 3.13. The minimum atomic E-state index is -0.419. The van der Waals surface area contributed by atoms with Gasteiger partial charge in [-0.3, -0.25) is 4.90 Å². The predicted molar refractivity (Wildman–Crippen MR) is 108 cm³/mol. The number of ether oxygens (including phenoxy) is 1. The Bertz CT molecular complexity index is 730. The predicted octanol–water partition coefficient (Wildman–Crippen LogP) is 3.69. The second kappa shape index (κ2) is 7.35. The molecule has 4 nitrogen and oxygen atoms in total. The lowest BCUT2D eigenvalue weighted by Gasteiger charge is -2.32. The van der Waals surface area contributed by atoms with Crippen LogP contribution in [0.5, 0.6) is 5.75 Å². The van der Waals surface area contributed by atoms with Crippen LogP contribution in [0.2, 0.25) is 0 Å². The molecule has 0 N–H and O–H groups in total. The maximum atomic E-state index is 6.22. The van der Waals surface area contributed by atoms with Crippen molar-refractivity contribution in [1.82, 2.24) is 4.90 Å². The highest BCUT2D eigenvalue weighted by Gasteiger charge is 2.52. The van der Waals surface area contributed by atoms with Crippen LogP contribution >= 0.6 is 11.3 Å². The average molecular weight is 373 g/mol. The summed E-state index contributed by atoms with van der Waals surface area (Å²) in [4.78, 5) is 2.30. The molecule has 3 rings (SSSR count). The number of hydrogen-bond acceptors (Lipinski definition) is 5. The second-order valence-corrected chi connectivity index (χ2v) is 8.75. The van der Waals surface area contributed by atoms with Crippen LogP contribution in [0, 0.1) is 0 Å². The Hall–Kier alpha value is -1.34. The van der Waals surface area contributed by atoms with Gasteiger partial charge < -0.3 is 14.0 Å². The third kappa shape index (κ3) is 3.99. The van der Waals surface area contributed by atoms with Crippen molar-refractivity contribution in [3.05, 3.63) is 46.2 Å². The summed E-state index contributed by atoms with van der Waals surface area (Å²) in [6.07, 6.45) is 0. The van der Waals surface area contributed by atoms with E-state index in [2.05, 4.69) is 68.6 Å². The maximum Gasteiger partial charge on any atom is 0.498 e. The minimum absolute atomic E-state index is 0.367. The topological polar surface area (TPSA) is 30.9 Å². The van der Waals surface area contributed by atoms with E-state index in [1.807, 2.05) is 6.07 Å². The maximum absolute atomic E-state index is 6.22. The van der Waals surface area contributed by atoms with Crippen molar-refractivity contribution in [3.63, 3.8) is 0 Å². The molecule has 1 aromatic carbocycles. The quantitative estimate of drug-likeness (QED) is 0.723. The molecule has 2 heterocycles. The minimum Gasteiger partial charge on any atom is -0.497 e. The first-order chi connectivity index (χ1) is 12.2. The van der Waals surface area contributed by atoms with Gasteiger partial charge in [0.25, 0.3) is 0 Å². The van der Waals surface area contributed by atoms with Gasteiger partial charge in [-0.25, -0.2) is 0 Å². The highest BCUT2D eigenvalue weighted by atomic mass is 32.1. The fourth-order valence-electron chi connectivity index (χ4n) is 3.10. The molecule has 1 fully saturated rings. The van der Waals surface area contributed by atoms with Gasteiger partial charge >= 0.3 is 7.12 Å². The smallest absolute Gasteiger partial charge is 0.497 e. The zero-order valence-corrected chi connectivity index (χ0v) is 17.4. The molecular weight excluding hydrogens is 345 g/mol. The fourth-order valence-corrected chi connectivity index (χ4v) is 3.76. The number of hydrogen-bond donors (Lipinski definition) is 0. The molecule has 140 valence electrons. The highest BCUT2D eigenvalue weighted by molar-refractivity contribution is 7.07. The van der Waals surface area contributed by atoms with Crippen LogP contribution in [0.15, 0.2) is 35.0 Å². The number of methoxy groups -OCH3 is 1. The summed E-state index contributed by atoms with van der Waals surface area (Å²) in [7, 11) is 3.40. The zero-order valence-electron chi connectivity index (χ0n) is 16.5. The summed E-state index contributed by atoms with van der Waals surface area (Å²) in [5.74, 6) is 0.799. The van der Waals surface area contributed by atoms with Crippen LogP contribution in [0.4, 0.5) is 0 Å². The van der Waals surface area contributed by atoms with E-state index in [9.17, 15) is 0 Å². The Morgan fingerprint density at radius 1 is 1.04 bits per heavy atom. The van der Waals surface area contributed by atoms with Crippen molar-refractivity contribution in [3.8, 4) is 5.75 Å². The first kappa shape index (κ1) is 19.4. The van der Waals surface area contributed by atoms with Crippen LogP contribution in [-0.2, 0) is 22.4 Å². The standard InChI is InChI=1S/C20H28BNO3S/c1-19(2)20(3,4)25-21(24-19)17-11-15(7-8-18(17)23-6)12-22(5)13-16-9-10-26-14-16/h7-11,14H,12-13H2,1-6H3. The summed E-state index contributed by atoms with van der Waals surface area (Å²) in [5.41, 5.74) is 2.78. The molecular formula is C20H28BNO3S. The van der Waals surface area contributed by atoms with Crippen molar-refractivity contribution < 1.29 is 14.0 Å². The van der Waals surface area contributed by atoms with Crippen LogP contribution < -0.4 is 10.2 Å². The number of thiophene rings is 1. The zero-order chi connectivity index (χ0) is 18.9. The molecule has 0 aliphatic carbocycles. The molecule has 0 spiro atoms. The summed E-state index contributed by atoms with van der Waals surface area (Å²) in [5, 5.41) is 4.31. The molecule has 2 aromatic rings. The fraction of sp³-hybridized carbons (Fsp3) is 0.500. The first-order valence-corrected chi connectivity index (χ1v) is 9.88. The van der Waals surface area contributed by atoms with E-state index >= 15 is 0 Å². The number of benzene rings is 1. The van der Waals surface area contributed by atoms with Gasteiger partial charge in [-0.15, -0.1) is 0 Å². The molecule has 0 atom stereocenters. The molecule has 26 heavy (non-hydrogen) atoms. The Kier molecular flexibility index (Phi) is 5.49. The normalized spacial score (nSPS) is 18.5. The Labute approximate surface area is 161 Å². The molecule has 0 bridgehead atoms. The molecule has 0 radical (unpaired) electrons. The monoisotopic (exact) mass is 373 g/mol. The van der Waals surface area contributed by atoms with Gasteiger partial charge in [-0.1, -0.05) is 12.1 Å². The van der Waals surface area contributed by atoms with Gasteiger partial charge in [0.15, 0.2) is 0 Å². The first-order valence-electron chi connectivity index (χ1n) is 8.94. The Balaban J connectivity index is 1.79. The van der Waals surface area contributed by atoms with Gasteiger partial charge in [0.05, 0.1) is 18.3 Å². The third-order valence-electron chi connectivity index (χ3n) is 5.29. The Morgan fingerprint density at radius 2 is 1.69 bits per heavy atom. The van der Waals surface area contributed by atoms with E-state index < -0.39 is 7.12 Å². The third-order valence-corrected chi connectivity index (χ3v) is 6.02. The van der Waals surface area contributed by atoms with Crippen LogP contribution in [0.1, 0.15) is 38.8 Å². The van der Waals surface area contributed by atoms with Gasteiger partial charge in [-0.05, 0) is 68.8 Å². The van der Waals surface area contributed by atoms with E-state index in [1.165, 1.54) is 11.1 Å². The summed E-state index contributed by atoms with van der Waals surface area (Å²) in [6.45, 7) is 10.1. The molecule has 1 aliphatic rings. The lowest BCUT2D eigenvalue weighted by Crippen LogP contribution is -2.41. The van der Waals surface area contributed by atoms with Gasteiger partial charge in [0.2, 0.25) is 0 Å². The van der Waals surface area contributed by atoms with E-state index in [-0.39, 0.29) is 11.2 Å². The molecule has 0 unspecified atom stereocenters. The number of rotatable bonds is 6. The van der Waals surface area contributed by atoms with E-state index in [1.54, 1.807) is 18.4 Å². The lowest BCUT2D eigenvalue weighted by molar-refractivity contribution is 0.00578. The van der Waals surface area contributed by atoms with Crippen molar-refractivity contribution in [2.75, 3.05) is 14.2 Å². The SMILES string of the molecule is COc1ccc(CN(C)Cc2ccsc2)cc1B1OC(C)(C)C(C)(C)O1.